The number of hydrogen-bond donors (Lipinski definition) is 0. The van der Waals surface area contributed by atoms with Crippen molar-refractivity contribution >= 4 is 49.6 Å². The lowest BCUT2D eigenvalue weighted by Crippen LogP contribution is -2.50. The molecule has 10 heteroatoms. The van der Waals surface area contributed by atoms with Gasteiger partial charge in [0.05, 0.1) is 4.90 Å². The van der Waals surface area contributed by atoms with Crippen molar-refractivity contribution in [2.24, 2.45) is 0 Å². The van der Waals surface area contributed by atoms with Gasteiger partial charge in [0, 0.05) is 42.3 Å². The van der Waals surface area contributed by atoms with Crippen LogP contribution in [0.3, 0.4) is 0 Å². The third kappa shape index (κ3) is 5.55. The number of thiazole rings is 1. The zero-order chi connectivity index (χ0) is 23.6. The first kappa shape index (κ1) is 24.1. The van der Waals surface area contributed by atoms with E-state index in [2.05, 4.69) is 9.88 Å². The summed E-state index contributed by atoms with van der Waals surface area (Å²) in [5, 5.41) is 2.79. The SMILES string of the molecule is CN(C)CCCc1cnc(C(=O)N2CCN(S(=O)(=O)c3ccc4cc(Cl)ccc4c3)CC2)s1. The smallest absolute Gasteiger partial charge is 0.282 e. The van der Waals surface area contributed by atoms with Gasteiger partial charge in [0.2, 0.25) is 10.0 Å². The van der Waals surface area contributed by atoms with Crippen LogP contribution in [0.1, 0.15) is 21.1 Å². The van der Waals surface area contributed by atoms with E-state index in [1.54, 1.807) is 35.4 Å². The van der Waals surface area contributed by atoms with Crippen molar-refractivity contribution in [3.05, 3.63) is 57.5 Å². The second-order valence-electron chi connectivity index (χ2n) is 8.39. The first-order chi connectivity index (χ1) is 15.7. The van der Waals surface area contributed by atoms with E-state index in [1.165, 1.54) is 15.6 Å². The molecule has 33 heavy (non-hydrogen) atoms. The summed E-state index contributed by atoms with van der Waals surface area (Å²) >= 11 is 7.45. The molecule has 1 fully saturated rings. The van der Waals surface area contributed by atoms with E-state index >= 15 is 0 Å². The maximum absolute atomic E-state index is 13.2. The zero-order valence-corrected chi connectivity index (χ0v) is 21.1. The topological polar surface area (TPSA) is 73.8 Å². The van der Waals surface area contributed by atoms with Crippen LogP contribution in [0.4, 0.5) is 0 Å². The van der Waals surface area contributed by atoms with Gasteiger partial charge in [-0.2, -0.15) is 4.31 Å². The van der Waals surface area contributed by atoms with Gasteiger partial charge in [-0.3, -0.25) is 4.79 Å². The second-order valence-corrected chi connectivity index (χ2v) is 11.9. The highest BCUT2D eigenvalue weighted by Gasteiger charge is 2.31. The van der Waals surface area contributed by atoms with Crippen molar-refractivity contribution in [2.75, 3.05) is 46.8 Å². The van der Waals surface area contributed by atoms with Crippen LogP contribution < -0.4 is 0 Å². The number of fused-ring (bicyclic) bond motifs is 1. The highest BCUT2D eigenvalue weighted by atomic mass is 35.5. The van der Waals surface area contributed by atoms with Crippen LogP contribution in [0, 0.1) is 0 Å². The van der Waals surface area contributed by atoms with E-state index in [0.717, 1.165) is 35.0 Å². The molecule has 0 aliphatic carbocycles. The van der Waals surface area contributed by atoms with Crippen LogP contribution in [-0.4, -0.2) is 80.2 Å². The largest absolute Gasteiger partial charge is 0.334 e. The molecule has 0 bridgehead atoms. The monoisotopic (exact) mass is 506 g/mol. The van der Waals surface area contributed by atoms with Crippen molar-refractivity contribution in [1.82, 2.24) is 19.1 Å². The third-order valence-corrected chi connectivity index (χ3v) is 8.88. The summed E-state index contributed by atoms with van der Waals surface area (Å²) < 4.78 is 27.8. The van der Waals surface area contributed by atoms with Gasteiger partial charge in [0.25, 0.3) is 5.91 Å². The Kier molecular flexibility index (Phi) is 7.35. The average molecular weight is 507 g/mol. The zero-order valence-electron chi connectivity index (χ0n) is 18.7. The van der Waals surface area contributed by atoms with Crippen molar-refractivity contribution in [3.63, 3.8) is 0 Å². The number of aromatic nitrogens is 1. The van der Waals surface area contributed by atoms with Crippen molar-refractivity contribution in [2.45, 2.75) is 17.7 Å². The Labute approximate surface area is 203 Å². The number of sulfonamides is 1. The molecule has 0 N–H and O–H groups in total. The molecule has 7 nitrogen and oxygen atoms in total. The molecule has 0 radical (unpaired) electrons. The van der Waals surface area contributed by atoms with Gasteiger partial charge < -0.3 is 9.80 Å². The highest BCUT2D eigenvalue weighted by Crippen LogP contribution is 2.25. The van der Waals surface area contributed by atoms with Crippen molar-refractivity contribution < 1.29 is 13.2 Å². The summed E-state index contributed by atoms with van der Waals surface area (Å²) in [7, 11) is 0.433. The molecule has 0 atom stereocenters. The van der Waals surface area contributed by atoms with Gasteiger partial charge in [-0.25, -0.2) is 13.4 Å². The summed E-state index contributed by atoms with van der Waals surface area (Å²) in [6.45, 7) is 2.19. The number of rotatable bonds is 7. The van der Waals surface area contributed by atoms with Crippen LogP contribution in [0.15, 0.2) is 47.5 Å². The van der Waals surface area contributed by atoms with Crippen LogP contribution in [0.2, 0.25) is 5.02 Å². The number of hydrogen-bond acceptors (Lipinski definition) is 6. The molecule has 1 aliphatic rings. The third-order valence-electron chi connectivity index (χ3n) is 5.70. The number of benzene rings is 2. The predicted molar refractivity (Wildman–Crippen MR) is 133 cm³/mol. The fourth-order valence-corrected chi connectivity index (χ4v) is 6.42. The number of halogens is 1. The lowest BCUT2D eigenvalue weighted by Gasteiger charge is -2.33. The fourth-order valence-electron chi connectivity index (χ4n) is 3.86. The Morgan fingerprint density at radius 1 is 1.09 bits per heavy atom. The van der Waals surface area contributed by atoms with E-state index in [1.807, 2.05) is 26.2 Å². The van der Waals surface area contributed by atoms with Crippen LogP contribution in [-0.2, 0) is 16.4 Å². The van der Waals surface area contributed by atoms with Gasteiger partial charge in [0.15, 0.2) is 5.01 Å². The molecular formula is C23H27ClN4O3S2. The minimum absolute atomic E-state index is 0.126. The second kappa shape index (κ2) is 10.1. The van der Waals surface area contributed by atoms with Gasteiger partial charge in [0.1, 0.15) is 0 Å². The van der Waals surface area contributed by atoms with E-state index in [9.17, 15) is 13.2 Å². The Bertz CT molecular complexity index is 1250. The van der Waals surface area contributed by atoms with E-state index in [0.29, 0.717) is 23.1 Å². The van der Waals surface area contributed by atoms with E-state index < -0.39 is 10.0 Å². The molecular weight excluding hydrogens is 480 g/mol. The number of piperazine rings is 1. The molecule has 1 saturated heterocycles. The van der Waals surface area contributed by atoms with Crippen LogP contribution in [0.5, 0.6) is 0 Å². The molecule has 4 rings (SSSR count). The summed E-state index contributed by atoms with van der Waals surface area (Å²) in [6.07, 6.45) is 3.69. The molecule has 1 amide bonds. The normalized spacial score (nSPS) is 15.5. The first-order valence-electron chi connectivity index (χ1n) is 10.8. The molecule has 1 aliphatic heterocycles. The molecule has 3 aromatic rings. The van der Waals surface area contributed by atoms with Crippen LogP contribution in [0.25, 0.3) is 10.8 Å². The molecule has 2 heterocycles. The molecule has 0 unspecified atom stereocenters. The maximum Gasteiger partial charge on any atom is 0.282 e. The molecule has 0 saturated carbocycles. The standard InChI is InChI=1S/C23H27ClN4O3S2/c1-26(2)9-3-4-20-16-25-22(32-20)23(29)27-10-12-28(13-11-27)33(30,31)21-8-6-17-14-19(24)7-5-18(17)15-21/h5-8,14-16H,3-4,9-13H2,1-2H3. The average Bonchev–Trinajstić information content (AvgIpc) is 3.27. The Balaban J connectivity index is 1.38. The number of aryl methyl sites for hydroxylation is 1. The molecule has 2 aromatic carbocycles. The number of carbonyl (C=O) groups excluding carboxylic acids is 1. The predicted octanol–water partition coefficient (Wildman–Crippen LogP) is 3.59. The Morgan fingerprint density at radius 2 is 1.79 bits per heavy atom. The summed E-state index contributed by atoms with van der Waals surface area (Å²) in [6, 6.07) is 10.4. The minimum atomic E-state index is -3.65. The quantitative estimate of drug-likeness (QED) is 0.489. The van der Waals surface area contributed by atoms with E-state index in [4.69, 9.17) is 11.6 Å². The minimum Gasteiger partial charge on any atom is -0.334 e. The van der Waals surface area contributed by atoms with Gasteiger partial charge in [-0.05, 0) is 68.5 Å². The van der Waals surface area contributed by atoms with Crippen molar-refractivity contribution in [1.29, 1.82) is 0 Å². The van der Waals surface area contributed by atoms with Gasteiger partial charge in [-0.1, -0.05) is 23.7 Å². The highest BCUT2D eigenvalue weighted by molar-refractivity contribution is 7.89. The summed E-state index contributed by atoms with van der Waals surface area (Å²) in [5.41, 5.74) is 0. The van der Waals surface area contributed by atoms with E-state index in [-0.39, 0.29) is 23.9 Å². The number of nitrogens with zero attached hydrogens (tertiary/aromatic N) is 4. The van der Waals surface area contributed by atoms with Crippen molar-refractivity contribution in [3.8, 4) is 0 Å². The summed E-state index contributed by atoms with van der Waals surface area (Å²) in [5.74, 6) is -0.126. The number of amides is 1. The molecule has 176 valence electrons. The first-order valence-corrected chi connectivity index (χ1v) is 13.5. The Morgan fingerprint density at radius 3 is 2.52 bits per heavy atom. The fraction of sp³-hybridized carbons (Fsp3) is 0.391. The summed E-state index contributed by atoms with van der Waals surface area (Å²) in [4.78, 5) is 22.4. The molecule has 0 spiro atoms. The molecule has 1 aromatic heterocycles. The van der Waals surface area contributed by atoms with Gasteiger partial charge >= 0.3 is 0 Å². The Hall–Kier alpha value is -2.04. The van der Waals surface area contributed by atoms with Crippen LogP contribution >= 0.6 is 22.9 Å². The lowest BCUT2D eigenvalue weighted by atomic mass is 10.1. The van der Waals surface area contributed by atoms with Gasteiger partial charge in [-0.15, -0.1) is 11.3 Å². The number of carbonyl (C=O) groups is 1. The lowest BCUT2D eigenvalue weighted by molar-refractivity contribution is 0.0697. The maximum atomic E-state index is 13.2.